The van der Waals surface area contributed by atoms with E-state index in [0.717, 1.165) is 33.5 Å². The van der Waals surface area contributed by atoms with E-state index in [9.17, 15) is 10.1 Å². The molecule has 0 saturated carbocycles. The molecule has 7 heteroatoms. The number of benzene rings is 2. The number of aryl methyl sites for hydroxylation is 3. The monoisotopic (exact) mass is 384 g/mol. The summed E-state index contributed by atoms with van der Waals surface area (Å²) in [7, 11) is 1.86. The second-order valence-corrected chi connectivity index (χ2v) is 7.11. The Bertz CT molecular complexity index is 1360. The van der Waals surface area contributed by atoms with Crippen LogP contribution in [0.3, 0.4) is 0 Å². The molecule has 0 aliphatic rings. The topological polar surface area (TPSA) is 113 Å². The van der Waals surface area contributed by atoms with Crippen molar-refractivity contribution in [3.8, 4) is 28.5 Å². The molecular formula is C22H20N6O. The van der Waals surface area contributed by atoms with Crippen molar-refractivity contribution in [1.29, 1.82) is 5.26 Å². The predicted octanol–water partition coefficient (Wildman–Crippen LogP) is 2.94. The van der Waals surface area contributed by atoms with Crippen molar-refractivity contribution in [2.75, 3.05) is 0 Å². The normalized spacial score (nSPS) is 11.0. The van der Waals surface area contributed by atoms with Gasteiger partial charge in [-0.05, 0) is 43.2 Å². The van der Waals surface area contributed by atoms with Gasteiger partial charge in [-0.1, -0.05) is 17.7 Å². The van der Waals surface area contributed by atoms with Crippen LogP contribution in [0, 0.1) is 25.2 Å². The minimum Gasteiger partial charge on any atom is -0.325 e. The maximum absolute atomic E-state index is 12.1. The Morgan fingerprint density at radius 2 is 1.97 bits per heavy atom. The molecule has 4 aromatic rings. The molecule has 0 unspecified atom stereocenters. The van der Waals surface area contributed by atoms with Crippen LogP contribution in [0.25, 0.3) is 33.2 Å². The van der Waals surface area contributed by atoms with E-state index < -0.39 is 0 Å². The van der Waals surface area contributed by atoms with Crippen LogP contribution in [0.4, 0.5) is 0 Å². The number of nitrogens with two attached hydrogens (primary N) is 1. The van der Waals surface area contributed by atoms with E-state index >= 15 is 0 Å². The summed E-state index contributed by atoms with van der Waals surface area (Å²) in [6.07, 6.45) is 1.78. The number of hydrogen-bond acceptors (Lipinski definition) is 5. The van der Waals surface area contributed by atoms with Gasteiger partial charge in [0.25, 0.3) is 5.56 Å². The van der Waals surface area contributed by atoms with Crippen LogP contribution in [0.15, 0.2) is 41.3 Å². The Balaban J connectivity index is 2.01. The Labute approximate surface area is 167 Å². The Kier molecular flexibility index (Phi) is 4.49. The summed E-state index contributed by atoms with van der Waals surface area (Å²) in [4.78, 5) is 12.1. The van der Waals surface area contributed by atoms with Gasteiger partial charge in [-0.15, -0.1) is 0 Å². The first-order valence-corrected chi connectivity index (χ1v) is 9.20. The molecule has 0 aliphatic heterocycles. The molecule has 0 radical (unpaired) electrons. The van der Waals surface area contributed by atoms with Gasteiger partial charge in [-0.25, -0.2) is 5.10 Å². The van der Waals surface area contributed by atoms with Gasteiger partial charge in [0.1, 0.15) is 6.07 Å². The third kappa shape index (κ3) is 3.00. The van der Waals surface area contributed by atoms with Crippen molar-refractivity contribution in [2.24, 2.45) is 12.8 Å². The van der Waals surface area contributed by atoms with E-state index in [-0.39, 0.29) is 12.1 Å². The molecule has 2 aromatic heterocycles. The summed E-state index contributed by atoms with van der Waals surface area (Å²) >= 11 is 0. The molecular weight excluding hydrogens is 364 g/mol. The fourth-order valence-corrected chi connectivity index (χ4v) is 3.81. The van der Waals surface area contributed by atoms with Crippen LogP contribution in [-0.2, 0) is 13.6 Å². The molecule has 29 heavy (non-hydrogen) atoms. The third-order valence-electron chi connectivity index (χ3n) is 5.16. The van der Waals surface area contributed by atoms with Crippen LogP contribution in [0.1, 0.15) is 22.4 Å². The smallest absolute Gasteiger partial charge is 0.272 e. The highest BCUT2D eigenvalue weighted by atomic mass is 16.1. The minimum absolute atomic E-state index is 0.215. The lowest BCUT2D eigenvalue weighted by atomic mass is 9.93. The van der Waals surface area contributed by atoms with E-state index in [0.29, 0.717) is 22.0 Å². The van der Waals surface area contributed by atoms with Gasteiger partial charge in [0.15, 0.2) is 0 Å². The number of rotatable bonds is 3. The average Bonchev–Trinajstić information content (AvgIpc) is 3.09. The Morgan fingerprint density at radius 1 is 1.17 bits per heavy atom. The molecule has 7 nitrogen and oxygen atoms in total. The lowest BCUT2D eigenvalue weighted by molar-refractivity contribution is 0.775. The molecule has 4 rings (SSSR count). The molecule has 0 bridgehead atoms. The third-order valence-corrected chi connectivity index (χ3v) is 5.16. The van der Waals surface area contributed by atoms with Gasteiger partial charge in [0.05, 0.1) is 28.5 Å². The summed E-state index contributed by atoms with van der Waals surface area (Å²) < 4.78 is 1.77. The van der Waals surface area contributed by atoms with Crippen molar-refractivity contribution in [3.05, 3.63) is 69.3 Å². The second-order valence-electron chi connectivity index (χ2n) is 7.11. The lowest BCUT2D eigenvalue weighted by Gasteiger charge is -2.12. The molecule has 0 amide bonds. The van der Waals surface area contributed by atoms with Crippen molar-refractivity contribution >= 4 is 10.8 Å². The van der Waals surface area contributed by atoms with Gasteiger partial charge in [-0.2, -0.15) is 15.5 Å². The summed E-state index contributed by atoms with van der Waals surface area (Å²) in [5, 5.41) is 22.0. The predicted molar refractivity (Wildman–Crippen MR) is 112 cm³/mol. The Morgan fingerprint density at radius 3 is 2.69 bits per heavy atom. The first kappa shape index (κ1) is 18.6. The fraction of sp³-hybridized carbons (Fsp3) is 0.182. The SMILES string of the molecule is Cc1cc(C)c(C#N)c(-c2c(-c3ccc4c(=O)[nH]nc(CN)c4c3)cnn2C)c1. The number of H-pyrrole nitrogens is 1. The van der Waals surface area contributed by atoms with E-state index in [1.165, 1.54) is 0 Å². The quantitative estimate of drug-likeness (QED) is 0.564. The summed E-state index contributed by atoms with van der Waals surface area (Å²) in [6.45, 7) is 4.16. The number of fused-ring (bicyclic) bond motifs is 1. The van der Waals surface area contributed by atoms with Crippen molar-refractivity contribution in [1.82, 2.24) is 20.0 Å². The largest absolute Gasteiger partial charge is 0.325 e. The van der Waals surface area contributed by atoms with E-state index in [4.69, 9.17) is 5.73 Å². The lowest BCUT2D eigenvalue weighted by Crippen LogP contribution is -2.13. The van der Waals surface area contributed by atoms with Gasteiger partial charge < -0.3 is 5.73 Å². The fourth-order valence-electron chi connectivity index (χ4n) is 3.81. The van der Waals surface area contributed by atoms with Crippen molar-refractivity contribution < 1.29 is 0 Å². The van der Waals surface area contributed by atoms with Crippen molar-refractivity contribution in [2.45, 2.75) is 20.4 Å². The van der Waals surface area contributed by atoms with Crippen molar-refractivity contribution in [3.63, 3.8) is 0 Å². The number of hydrogen-bond donors (Lipinski definition) is 2. The number of nitrogens with one attached hydrogen (secondary N) is 1. The summed E-state index contributed by atoms with van der Waals surface area (Å²) in [6, 6.07) is 11.9. The van der Waals surface area contributed by atoms with E-state index in [1.807, 2.05) is 45.2 Å². The number of nitriles is 1. The standard InChI is InChI=1S/C22H20N6O/c1-12-6-13(2)18(9-23)17(7-12)21-19(11-25-28(21)3)14-4-5-15-16(8-14)20(10-24)26-27-22(15)29/h4-8,11H,10,24H2,1-3H3,(H,27,29). The zero-order valence-corrected chi connectivity index (χ0v) is 16.4. The molecule has 0 saturated heterocycles. The maximum atomic E-state index is 12.1. The van der Waals surface area contributed by atoms with E-state index in [2.05, 4.69) is 21.4 Å². The first-order valence-electron chi connectivity index (χ1n) is 9.20. The molecule has 0 fully saturated rings. The van der Waals surface area contributed by atoms with Crippen LogP contribution in [-0.4, -0.2) is 20.0 Å². The van der Waals surface area contributed by atoms with E-state index in [1.54, 1.807) is 16.9 Å². The highest BCUT2D eigenvalue weighted by molar-refractivity contribution is 5.92. The van der Waals surface area contributed by atoms with Gasteiger partial charge in [0.2, 0.25) is 0 Å². The molecule has 0 atom stereocenters. The summed E-state index contributed by atoms with van der Waals surface area (Å²) in [5.74, 6) is 0. The van der Waals surface area contributed by atoms with Gasteiger partial charge in [-0.3, -0.25) is 9.48 Å². The van der Waals surface area contributed by atoms with Gasteiger partial charge in [0, 0.05) is 30.1 Å². The highest BCUT2D eigenvalue weighted by Crippen LogP contribution is 2.36. The molecule has 0 spiro atoms. The number of nitrogens with zero attached hydrogens (tertiary/aromatic N) is 4. The second kappa shape index (κ2) is 7.00. The van der Waals surface area contributed by atoms with Gasteiger partial charge >= 0.3 is 0 Å². The highest BCUT2D eigenvalue weighted by Gasteiger charge is 2.19. The molecule has 0 aliphatic carbocycles. The summed E-state index contributed by atoms with van der Waals surface area (Å²) in [5.41, 5.74) is 12.2. The van der Waals surface area contributed by atoms with Crippen LogP contribution >= 0.6 is 0 Å². The first-order chi connectivity index (χ1) is 13.9. The van der Waals surface area contributed by atoms with Crippen LogP contribution in [0.5, 0.6) is 0 Å². The zero-order chi connectivity index (χ0) is 20.7. The minimum atomic E-state index is -0.253. The molecule has 3 N–H and O–H groups in total. The molecule has 144 valence electrons. The van der Waals surface area contributed by atoms with Crippen LogP contribution in [0.2, 0.25) is 0 Å². The molecule has 2 heterocycles. The molecule has 2 aromatic carbocycles. The zero-order valence-electron chi connectivity index (χ0n) is 16.4. The Hall–Kier alpha value is -3.76. The average molecular weight is 384 g/mol. The number of aromatic nitrogens is 4. The number of aromatic amines is 1. The van der Waals surface area contributed by atoms with Crippen LogP contribution < -0.4 is 11.3 Å². The maximum Gasteiger partial charge on any atom is 0.272 e.